The van der Waals surface area contributed by atoms with Crippen LogP contribution in [0, 0.1) is 0 Å². The minimum atomic E-state index is -0.250. The molecule has 0 radical (unpaired) electrons. The number of methoxy groups -OCH3 is 2. The molecule has 0 aliphatic carbocycles. The summed E-state index contributed by atoms with van der Waals surface area (Å²) in [7, 11) is 3.35. The smallest absolute Gasteiger partial charge is 0.162 e. The van der Waals surface area contributed by atoms with Crippen molar-refractivity contribution in [2.75, 3.05) is 20.8 Å². The van der Waals surface area contributed by atoms with Crippen molar-refractivity contribution in [1.82, 2.24) is 5.32 Å². The number of thiol groups is 1. The Labute approximate surface area is 188 Å². The van der Waals surface area contributed by atoms with E-state index in [0.29, 0.717) is 13.2 Å². The van der Waals surface area contributed by atoms with Crippen LogP contribution in [0.25, 0.3) is 0 Å². The lowest BCUT2D eigenvalue weighted by molar-refractivity contribution is 0.0713. The van der Waals surface area contributed by atoms with Crippen molar-refractivity contribution < 1.29 is 18.9 Å². The zero-order chi connectivity index (χ0) is 21.6. The minimum Gasteiger partial charge on any atom is -0.493 e. The molecule has 1 aliphatic rings. The second-order valence-corrected chi connectivity index (χ2v) is 7.87. The summed E-state index contributed by atoms with van der Waals surface area (Å²) in [6.07, 6.45) is 0.431. The van der Waals surface area contributed by atoms with Crippen LogP contribution in [-0.4, -0.2) is 20.8 Å². The third-order valence-corrected chi connectivity index (χ3v) is 5.62. The van der Waals surface area contributed by atoms with E-state index in [4.69, 9.17) is 18.9 Å². The summed E-state index contributed by atoms with van der Waals surface area (Å²) in [5, 5.41) is 3.44. The van der Waals surface area contributed by atoms with Gasteiger partial charge in [0, 0.05) is 30.5 Å². The Hall–Kier alpha value is -2.67. The van der Waals surface area contributed by atoms with Crippen LogP contribution in [0.4, 0.5) is 0 Å². The van der Waals surface area contributed by atoms with E-state index in [1.54, 1.807) is 14.2 Å². The average molecular weight is 438 g/mol. The van der Waals surface area contributed by atoms with Crippen LogP contribution in [0.3, 0.4) is 0 Å². The van der Waals surface area contributed by atoms with Gasteiger partial charge in [0.15, 0.2) is 11.5 Å². The molecule has 31 heavy (non-hydrogen) atoms. The Bertz CT molecular complexity index is 1010. The number of nitrogens with one attached hydrogen (secondary N) is 1. The zero-order valence-corrected chi connectivity index (χ0v) is 18.6. The van der Waals surface area contributed by atoms with Gasteiger partial charge in [0.2, 0.25) is 0 Å². The largest absolute Gasteiger partial charge is 0.493 e. The van der Waals surface area contributed by atoms with Gasteiger partial charge in [0.1, 0.15) is 18.1 Å². The summed E-state index contributed by atoms with van der Waals surface area (Å²) in [5.74, 6) is 2.28. The Morgan fingerprint density at radius 3 is 2.55 bits per heavy atom. The summed E-state index contributed by atoms with van der Waals surface area (Å²) in [5.41, 5.74) is 3.20. The number of hydrogen-bond acceptors (Lipinski definition) is 6. The lowest BCUT2D eigenvalue weighted by atomic mass is 10.00. The molecule has 5 nitrogen and oxygen atoms in total. The van der Waals surface area contributed by atoms with Gasteiger partial charge in [0.25, 0.3) is 0 Å². The molecule has 3 aromatic rings. The van der Waals surface area contributed by atoms with E-state index in [-0.39, 0.29) is 12.3 Å². The molecule has 4 rings (SSSR count). The Kier molecular flexibility index (Phi) is 7.02. The summed E-state index contributed by atoms with van der Waals surface area (Å²) in [4.78, 5) is 0.948. The minimum absolute atomic E-state index is 0.0946. The number of para-hydroxylation sites is 2. The van der Waals surface area contributed by atoms with Crippen molar-refractivity contribution in [3.05, 3.63) is 83.4 Å². The lowest BCUT2D eigenvalue weighted by Gasteiger charge is -2.28. The van der Waals surface area contributed by atoms with Gasteiger partial charge >= 0.3 is 0 Å². The number of fused-ring (bicyclic) bond motifs is 1. The third kappa shape index (κ3) is 5.15. The van der Waals surface area contributed by atoms with E-state index >= 15 is 0 Å². The molecular weight excluding hydrogens is 410 g/mol. The standard InChI is InChI=1S/C25H27NO4S/c1-27-22-5-3-4-6-23(22)30-21-13-14-29-24-15-18(9-12-20(21)24)25(28-2)26-16-17-7-10-19(31)11-8-17/h3-12,15,21,25-26,31H,13-14,16H2,1-2H3. The molecule has 0 fully saturated rings. The highest BCUT2D eigenvalue weighted by Crippen LogP contribution is 2.39. The highest BCUT2D eigenvalue weighted by Gasteiger charge is 2.25. The molecule has 1 N–H and O–H groups in total. The average Bonchev–Trinajstić information content (AvgIpc) is 2.81. The van der Waals surface area contributed by atoms with E-state index in [9.17, 15) is 0 Å². The van der Waals surface area contributed by atoms with E-state index in [1.165, 1.54) is 5.56 Å². The monoisotopic (exact) mass is 437 g/mol. The molecule has 1 aliphatic heterocycles. The first-order chi connectivity index (χ1) is 15.2. The van der Waals surface area contributed by atoms with Crippen molar-refractivity contribution in [3.8, 4) is 17.2 Å². The Morgan fingerprint density at radius 1 is 1.03 bits per heavy atom. The predicted molar refractivity (Wildman–Crippen MR) is 123 cm³/mol. The number of rotatable bonds is 8. The van der Waals surface area contributed by atoms with E-state index in [1.807, 2.05) is 42.5 Å². The quantitative estimate of drug-likeness (QED) is 0.369. The molecule has 6 heteroatoms. The number of benzene rings is 3. The van der Waals surface area contributed by atoms with E-state index < -0.39 is 0 Å². The maximum atomic E-state index is 6.29. The maximum Gasteiger partial charge on any atom is 0.162 e. The van der Waals surface area contributed by atoms with Crippen molar-refractivity contribution >= 4 is 12.6 Å². The number of hydrogen-bond donors (Lipinski definition) is 2. The Morgan fingerprint density at radius 2 is 1.81 bits per heavy atom. The fraction of sp³-hybridized carbons (Fsp3) is 0.280. The first-order valence-corrected chi connectivity index (χ1v) is 10.7. The summed E-state index contributed by atoms with van der Waals surface area (Å²) < 4.78 is 23.4. The molecule has 2 atom stereocenters. The van der Waals surface area contributed by atoms with Crippen molar-refractivity contribution in [1.29, 1.82) is 0 Å². The van der Waals surface area contributed by atoms with Gasteiger partial charge in [-0.3, -0.25) is 5.32 Å². The lowest BCUT2D eigenvalue weighted by Crippen LogP contribution is -2.24. The molecule has 0 saturated carbocycles. The van der Waals surface area contributed by atoms with E-state index in [2.05, 4.69) is 42.2 Å². The molecule has 3 aromatic carbocycles. The van der Waals surface area contributed by atoms with Crippen LogP contribution in [-0.2, 0) is 11.3 Å². The van der Waals surface area contributed by atoms with Gasteiger partial charge in [0.05, 0.1) is 13.7 Å². The topological polar surface area (TPSA) is 49.0 Å². The normalized spacial score (nSPS) is 16.2. The summed E-state index contributed by atoms with van der Waals surface area (Å²) in [6.45, 7) is 1.28. The first-order valence-electron chi connectivity index (χ1n) is 10.3. The van der Waals surface area contributed by atoms with Gasteiger partial charge < -0.3 is 18.9 Å². The van der Waals surface area contributed by atoms with Crippen molar-refractivity contribution in [2.24, 2.45) is 0 Å². The van der Waals surface area contributed by atoms with Crippen LogP contribution in [0.5, 0.6) is 17.2 Å². The van der Waals surface area contributed by atoms with Crippen LogP contribution >= 0.6 is 12.6 Å². The van der Waals surface area contributed by atoms with Crippen LogP contribution in [0.15, 0.2) is 71.6 Å². The molecule has 162 valence electrons. The maximum absolute atomic E-state index is 6.29. The highest BCUT2D eigenvalue weighted by molar-refractivity contribution is 7.80. The van der Waals surface area contributed by atoms with Crippen LogP contribution in [0.1, 0.15) is 35.4 Å². The summed E-state index contributed by atoms with van der Waals surface area (Å²) >= 11 is 4.34. The van der Waals surface area contributed by atoms with Crippen molar-refractivity contribution in [2.45, 2.75) is 30.2 Å². The molecular formula is C25H27NO4S. The highest BCUT2D eigenvalue weighted by atomic mass is 32.1. The Balaban J connectivity index is 1.49. The van der Waals surface area contributed by atoms with Crippen LogP contribution < -0.4 is 19.5 Å². The number of ether oxygens (including phenoxy) is 4. The zero-order valence-electron chi connectivity index (χ0n) is 17.7. The second-order valence-electron chi connectivity index (χ2n) is 7.35. The van der Waals surface area contributed by atoms with Gasteiger partial charge in [-0.2, -0.15) is 0 Å². The van der Waals surface area contributed by atoms with Gasteiger partial charge in [-0.15, -0.1) is 12.6 Å². The molecule has 2 unspecified atom stereocenters. The third-order valence-electron chi connectivity index (χ3n) is 5.33. The SMILES string of the molecule is COc1ccccc1OC1CCOc2cc(C(NCc3ccc(S)cc3)OC)ccc21. The van der Waals surface area contributed by atoms with Crippen molar-refractivity contribution in [3.63, 3.8) is 0 Å². The first kappa shape index (κ1) is 21.6. The fourth-order valence-electron chi connectivity index (χ4n) is 3.69. The molecule has 1 heterocycles. The van der Waals surface area contributed by atoms with Gasteiger partial charge in [-0.1, -0.05) is 36.4 Å². The fourth-order valence-corrected chi connectivity index (χ4v) is 3.84. The molecule has 0 saturated heterocycles. The summed E-state index contributed by atoms with van der Waals surface area (Å²) in [6, 6.07) is 21.9. The van der Waals surface area contributed by atoms with Gasteiger partial charge in [-0.25, -0.2) is 0 Å². The van der Waals surface area contributed by atoms with E-state index in [0.717, 1.165) is 39.7 Å². The molecule has 0 bridgehead atoms. The van der Waals surface area contributed by atoms with Gasteiger partial charge in [-0.05, 0) is 41.5 Å². The molecule has 0 aromatic heterocycles. The second kappa shape index (κ2) is 10.1. The molecule has 0 spiro atoms. The van der Waals surface area contributed by atoms with Crippen LogP contribution in [0.2, 0.25) is 0 Å². The predicted octanol–water partition coefficient (Wildman–Crippen LogP) is 5.32. The molecule has 0 amide bonds.